The van der Waals surface area contributed by atoms with E-state index in [9.17, 15) is 25.1 Å². The Morgan fingerprint density at radius 1 is 1.09 bits per heavy atom. The molecule has 2 aliphatic carbocycles. The SMILES string of the molecule is C=CCO[C@@]12Oc3ccc(Oc4cccc([N+](=O)[O-])c4)cc3[C@H]3[C@H](CCCCO)[C@@H](CCCCO)C=C(C(=NOC(C)(C)C)C[C@@H]1N(CCC)C(=O)OCC)[C@H]32. The normalized spacial score (nSPS) is 24.6. The molecule has 2 N–H and O–H groups in total. The standard InChI is InChI=1S/C43H59N3O10/c1-7-21-45(41(49)52-9-3)38-28-36(44-56-42(4,5)6)34-25-29(15-10-12-22-47)33(18-11-13-23-48)39-35-27-32(54-31-17-14-16-30(26-31)46(50)51)19-20-37(35)55-43(38,40(34)39)53-24-8-2/h8,14,16-17,19-20,25-27,29,33,38-40,47-48H,2,7,9-13,15,18,21-24,28H2,1,3-6H3/t29-,33+,38-,39+,40+,43+/m0/s1. The van der Waals surface area contributed by atoms with Crippen LogP contribution in [0.15, 0.2) is 71.9 Å². The maximum absolute atomic E-state index is 13.9. The monoisotopic (exact) mass is 777 g/mol. The first-order valence-corrected chi connectivity index (χ1v) is 20.0. The van der Waals surface area contributed by atoms with Gasteiger partial charge in [0.05, 0.1) is 35.8 Å². The maximum Gasteiger partial charge on any atom is 0.410 e. The van der Waals surface area contributed by atoms with E-state index >= 15 is 0 Å². The van der Waals surface area contributed by atoms with E-state index in [2.05, 4.69) is 12.7 Å². The Hall–Kier alpha value is -4.46. The number of nitro groups is 1. The number of benzene rings is 2. The lowest BCUT2D eigenvalue weighted by molar-refractivity contribution is -0.384. The average Bonchev–Trinajstić information content (AvgIpc) is 3.16. The Kier molecular flexibility index (Phi) is 14.6. The van der Waals surface area contributed by atoms with E-state index in [1.54, 1.807) is 36.1 Å². The van der Waals surface area contributed by atoms with Crippen molar-refractivity contribution in [3.05, 3.63) is 82.4 Å². The molecule has 1 saturated carbocycles. The van der Waals surface area contributed by atoms with Gasteiger partial charge in [0.2, 0.25) is 5.79 Å². The Morgan fingerprint density at radius 3 is 2.48 bits per heavy atom. The van der Waals surface area contributed by atoms with Gasteiger partial charge in [0.25, 0.3) is 5.69 Å². The number of hydrogen-bond acceptors (Lipinski definition) is 11. The van der Waals surface area contributed by atoms with Gasteiger partial charge in [0.15, 0.2) is 0 Å². The number of aliphatic hydroxyl groups excluding tert-OH is 2. The Morgan fingerprint density at radius 2 is 1.82 bits per heavy atom. The van der Waals surface area contributed by atoms with E-state index in [1.165, 1.54) is 12.1 Å². The zero-order chi connectivity index (χ0) is 40.5. The molecular weight excluding hydrogens is 718 g/mol. The third kappa shape index (κ3) is 9.55. The lowest BCUT2D eigenvalue weighted by Gasteiger charge is -2.60. The minimum absolute atomic E-state index is 0.0159. The number of carbonyl (C=O) groups excluding carboxylic acids is 1. The molecule has 1 aliphatic heterocycles. The summed E-state index contributed by atoms with van der Waals surface area (Å²) in [5, 5.41) is 36.1. The topological polar surface area (TPSA) is 162 Å². The van der Waals surface area contributed by atoms with Crippen molar-refractivity contribution in [2.45, 2.75) is 109 Å². The largest absolute Gasteiger partial charge is 0.459 e. The number of unbranched alkanes of at least 4 members (excludes halogenated alkanes) is 2. The van der Waals surface area contributed by atoms with Gasteiger partial charge in [-0.05, 0) is 101 Å². The summed E-state index contributed by atoms with van der Waals surface area (Å²) >= 11 is 0. The fraction of sp³-hybridized carbons (Fsp3) is 0.581. The number of nitrogens with zero attached hydrogens (tertiary/aromatic N) is 3. The van der Waals surface area contributed by atoms with Crippen molar-refractivity contribution in [3.8, 4) is 17.2 Å². The summed E-state index contributed by atoms with van der Waals surface area (Å²) in [6.07, 6.45) is 8.86. The van der Waals surface area contributed by atoms with Crippen molar-refractivity contribution in [3.63, 3.8) is 0 Å². The van der Waals surface area contributed by atoms with Gasteiger partial charge in [0.1, 0.15) is 28.9 Å². The van der Waals surface area contributed by atoms with Crippen molar-refractivity contribution in [1.82, 2.24) is 4.90 Å². The van der Waals surface area contributed by atoms with E-state index < -0.39 is 34.4 Å². The highest BCUT2D eigenvalue weighted by molar-refractivity contribution is 6.03. The molecule has 0 unspecified atom stereocenters. The number of carbonyl (C=O) groups is 1. The van der Waals surface area contributed by atoms with E-state index in [0.717, 1.165) is 36.8 Å². The Balaban J connectivity index is 1.79. The predicted octanol–water partition coefficient (Wildman–Crippen LogP) is 8.69. The van der Waals surface area contributed by atoms with Crippen LogP contribution in [0.4, 0.5) is 10.5 Å². The summed E-state index contributed by atoms with van der Waals surface area (Å²) in [5.74, 6) is -0.729. The van der Waals surface area contributed by atoms with E-state index in [1.807, 2.05) is 39.8 Å². The van der Waals surface area contributed by atoms with Gasteiger partial charge in [-0.25, -0.2) is 4.79 Å². The molecule has 6 atom stereocenters. The van der Waals surface area contributed by atoms with E-state index in [0.29, 0.717) is 48.8 Å². The predicted molar refractivity (Wildman–Crippen MR) is 213 cm³/mol. The van der Waals surface area contributed by atoms with Crippen LogP contribution in [-0.2, 0) is 14.3 Å². The molecule has 0 radical (unpaired) electrons. The molecular formula is C43H59N3O10. The van der Waals surface area contributed by atoms with Gasteiger partial charge in [0, 0.05) is 43.7 Å². The van der Waals surface area contributed by atoms with Crippen LogP contribution in [0.25, 0.3) is 0 Å². The number of rotatable bonds is 19. The molecule has 13 heteroatoms. The van der Waals surface area contributed by atoms with Crippen LogP contribution in [0.5, 0.6) is 17.2 Å². The third-order valence-corrected chi connectivity index (χ3v) is 10.7. The van der Waals surface area contributed by atoms with Gasteiger partial charge in [-0.3, -0.25) is 15.0 Å². The van der Waals surface area contributed by atoms with Crippen molar-refractivity contribution >= 4 is 17.5 Å². The van der Waals surface area contributed by atoms with Crippen LogP contribution in [0.2, 0.25) is 0 Å². The third-order valence-electron chi connectivity index (χ3n) is 10.7. The molecule has 13 nitrogen and oxygen atoms in total. The molecule has 3 aliphatic rings. The number of hydrogen-bond donors (Lipinski definition) is 2. The summed E-state index contributed by atoms with van der Waals surface area (Å²) in [5.41, 5.74) is 1.80. The summed E-state index contributed by atoms with van der Waals surface area (Å²) < 4.78 is 26.1. The smallest absolute Gasteiger partial charge is 0.410 e. The van der Waals surface area contributed by atoms with Gasteiger partial charge in [-0.1, -0.05) is 43.1 Å². The second-order valence-electron chi connectivity index (χ2n) is 15.7. The van der Waals surface area contributed by atoms with Crippen molar-refractivity contribution in [1.29, 1.82) is 0 Å². The summed E-state index contributed by atoms with van der Waals surface area (Å²) in [6.45, 7) is 14.4. The lowest BCUT2D eigenvalue weighted by atomic mass is 9.55. The molecule has 5 rings (SSSR count). The first kappa shape index (κ1) is 42.7. The second-order valence-corrected chi connectivity index (χ2v) is 15.7. The number of amides is 1. The number of ether oxygens (including phenoxy) is 4. The van der Waals surface area contributed by atoms with E-state index in [4.69, 9.17) is 28.9 Å². The quantitative estimate of drug-likeness (QED) is 0.0611. The van der Waals surface area contributed by atoms with Crippen LogP contribution in [0.1, 0.15) is 97.5 Å². The minimum Gasteiger partial charge on any atom is -0.459 e. The van der Waals surface area contributed by atoms with Crippen LogP contribution >= 0.6 is 0 Å². The fourth-order valence-corrected chi connectivity index (χ4v) is 8.52. The van der Waals surface area contributed by atoms with Crippen LogP contribution in [0.3, 0.4) is 0 Å². The number of fused-ring (bicyclic) bond motifs is 2. The molecule has 1 amide bonds. The molecule has 1 fully saturated rings. The van der Waals surface area contributed by atoms with Crippen molar-refractivity contribution < 1.29 is 43.7 Å². The van der Waals surface area contributed by atoms with E-state index in [-0.39, 0.29) is 56.3 Å². The lowest BCUT2D eigenvalue weighted by Crippen LogP contribution is -2.70. The summed E-state index contributed by atoms with van der Waals surface area (Å²) in [4.78, 5) is 32.9. The van der Waals surface area contributed by atoms with Gasteiger partial charge < -0.3 is 34.0 Å². The van der Waals surface area contributed by atoms with Crippen molar-refractivity contribution in [2.75, 3.05) is 33.0 Å². The summed E-state index contributed by atoms with van der Waals surface area (Å²) in [6, 6.07) is 10.9. The number of aliphatic hydroxyl groups is 2. The number of allylic oxidation sites excluding steroid dienone is 1. The first-order valence-electron chi connectivity index (χ1n) is 20.0. The number of oxime groups is 1. The molecule has 0 bridgehead atoms. The van der Waals surface area contributed by atoms with Gasteiger partial charge in [-0.2, -0.15) is 0 Å². The molecule has 0 saturated heterocycles. The fourth-order valence-electron chi connectivity index (χ4n) is 8.52. The number of nitro benzene ring substituents is 1. The highest BCUT2D eigenvalue weighted by atomic mass is 16.7. The molecule has 2 aromatic rings. The molecule has 1 heterocycles. The first-order chi connectivity index (χ1) is 26.9. The Labute approximate surface area is 330 Å². The van der Waals surface area contributed by atoms with Crippen LogP contribution < -0.4 is 9.47 Å². The van der Waals surface area contributed by atoms with Gasteiger partial charge >= 0.3 is 6.09 Å². The second kappa shape index (κ2) is 19.1. The highest BCUT2D eigenvalue weighted by Gasteiger charge is 2.65. The maximum atomic E-state index is 13.9. The van der Waals surface area contributed by atoms with Crippen molar-refractivity contribution in [2.24, 2.45) is 22.9 Å². The highest BCUT2D eigenvalue weighted by Crippen LogP contribution is 2.62. The van der Waals surface area contributed by atoms with Crippen LogP contribution in [-0.4, -0.2) is 82.2 Å². The molecule has 0 aromatic heterocycles. The Bertz CT molecular complexity index is 1740. The molecule has 2 aromatic carbocycles. The molecule has 306 valence electrons. The van der Waals surface area contributed by atoms with Gasteiger partial charge in [-0.15, -0.1) is 6.58 Å². The minimum atomic E-state index is -1.41. The molecule has 56 heavy (non-hydrogen) atoms. The number of non-ortho nitro benzene ring substituents is 1. The summed E-state index contributed by atoms with van der Waals surface area (Å²) in [7, 11) is 0. The zero-order valence-corrected chi connectivity index (χ0v) is 33.5. The zero-order valence-electron chi connectivity index (χ0n) is 33.5. The molecule has 0 spiro atoms. The van der Waals surface area contributed by atoms with Crippen LogP contribution in [0, 0.1) is 27.9 Å². The average molecular weight is 778 g/mol.